The van der Waals surface area contributed by atoms with Crippen LogP contribution < -0.4 is 15.4 Å². The zero-order valence-corrected chi connectivity index (χ0v) is 15.9. The number of hydrogen-bond donors (Lipinski definition) is 2. The molecule has 1 heterocycles. The zero-order valence-electron chi connectivity index (χ0n) is 15.9. The van der Waals surface area contributed by atoms with E-state index in [2.05, 4.69) is 25.3 Å². The van der Waals surface area contributed by atoms with Crippen LogP contribution in [0.4, 0.5) is 14.5 Å². The van der Waals surface area contributed by atoms with Gasteiger partial charge in [-0.05, 0) is 23.8 Å². The van der Waals surface area contributed by atoms with E-state index in [9.17, 15) is 18.4 Å². The molecule has 7 nitrogen and oxygen atoms in total. The van der Waals surface area contributed by atoms with Crippen LogP contribution in [-0.2, 0) is 6.54 Å². The number of alkyl halides is 2. The number of carbonyl (C=O) groups excluding carboxylic acids is 2. The third-order valence-corrected chi connectivity index (χ3v) is 4.26. The molecular weight excluding hydrogens is 394 g/mol. The minimum Gasteiger partial charge on any atom is -0.434 e. The number of aromatic nitrogens is 2. The maximum atomic E-state index is 12.6. The van der Waals surface area contributed by atoms with Crippen LogP contribution in [0.5, 0.6) is 5.75 Å². The molecule has 0 radical (unpaired) electrons. The number of halogens is 2. The van der Waals surface area contributed by atoms with Gasteiger partial charge >= 0.3 is 6.61 Å². The molecule has 1 amide bonds. The van der Waals surface area contributed by atoms with Crippen molar-refractivity contribution in [3.8, 4) is 16.9 Å². The summed E-state index contributed by atoms with van der Waals surface area (Å²) >= 11 is 0. The number of ether oxygens (including phenoxy) is 1. The van der Waals surface area contributed by atoms with Crippen LogP contribution in [0.1, 0.15) is 26.5 Å². The van der Waals surface area contributed by atoms with E-state index in [4.69, 9.17) is 0 Å². The van der Waals surface area contributed by atoms with Gasteiger partial charge in [0.05, 0.1) is 5.56 Å². The van der Waals surface area contributed by atoms with Gasteiger partial charge in [0, 0.05) is 42.8 Å². The third kappa shape index (κ3) is 4.93. The van der Waals surface area contributed by atoms with Gasteiger partial charge in [-0.3, -0.25) is 9.59 Å². The second-order valence-electron chi connectivity index (χ2n) is 6.13. The lowest BCUT2D eigenvalue weighted by Gasteiger charge is -2.15. The summed E-state index contributed by atoms with van der Waals surface area (Å²) < 4.78 is 29.8. The minimum absolute atomic E-state index is 0.0514. The maximum absolute atomic E-state index is 12.6. The summed E-state index contributed by atoms with van der Waals surface area (Å²) in [4.78, 5) is 30.9. The molecule has 0 bridgehead atoms. The molecule has 0 saturated carbocycles. The van der Waals surface area contributed by atoms with E-state index in [1.54, 1.807) is 36.4 Å². The van der Waals surface area contributed by atoms with Crippen molar-refractivity contribution in [2.24, 2.45) is 0 Å². The normalized spacial score (nSPS) is 10.5. The second kappa shape index (κ2) is 9.55. The summed E-state index contributed by atoms with van der Waals surface area (Å²) in [5.74, 6) is -0.195. The van der Waals surface area contributed by atoms with E-state index in [0.717, 1.165) is 0 Å². The average Bonchev–Trinajstić information content (AvgIpc) is 2.77. The van der Waals surface area contributed by atoms with Crippen molar-refractivity contribution in [3.63, 3.8) is 0 Å². The average molecular weight is 412 g/mol. The number of amides is 1. The lowest BCUT2D eigenvalue weighted by Crippen LogP contribution is -2.19. The number of para-hydroxylation sites is 1. The highest BCUT2D eigenvalue weighted by molar-refractivity contribution is 6.00. The molecule has 0 aliphatic heterocycles. The molecule has 2 aromatic carbocycles. The predicted molar refractivity (Wildman–Crippen MR) is 107 cm³/mol. The van der Waals surface area contributed by atoms with Crippen molar-refractivity contribution in [2.45, 2.75) is 13.2 Å². The molecule has 1 aromatic heterocycles. The smallest absolute Gasteiger partial charge is 0.387 e. The Kier molecular flexibility index (Phi) is 6.63. The van der Waals surface area contributed by atoms with Crippen LogP contribution in [0.15, 0.2) is 54.9 Å². The molecule has 0 aliphatic carbocycles. The lowest BCUT2D eigenvalue weighted by atomic mass is 10.0. The van der Waals surface area contributed by atoms with Crippen molar-refractivity contribution in [1.82, 2.24) is 15.3 Å². The monoisotopic (exact) mass is 412 g/mol. The topological polar surface area (TPSA) is 93.2 Å². The van der Waals surface area contributed by atoms with Gasteiger partial charge in [-0.2, -0.15) is 8.78 Å². The van der Waals surface area contributed by atoms with E-state index in [1.165, 1.54) is 25.5 Å². The van der Waals surface area contributed by atoms with E-state index in [-0.39, 0.29) is 24.0 Å². The van der Waals surface area contributed by atoms with Crippen molar-refractivity contribution in [3.05, 3.63) is 71.8 Å². The molecule has 0 aliphatic rings. The number of nitrogens with zero attached hydrogens (tertiary/aromatic N) is 2. The fraction of sp³-hybridized carbons (Fsp3) is 0.143. The summed E-state index contributed by atoms with van der Waals surface area (Å²) in [7, 11) is 1.51. The Labute approximate surface area is 171 Å². The van der Waals surface area contributed by atoms with Crippen LogP contribution in [0.3, 0.4) is 0 Å². The zero-order chi connectivity index (χ0) is 21.5. The molecule has 0 fully saturated rings. The molecule has 2 N–H and O–H groups in total. The highest BCUT2D eigenvalue weighted by atomic mass is 19.3. The number of aldehydes is 1. The Morgan fingerprint density at radius 2 is 1.87 bits per heavy atom. The molecule has 9 heteroatoms. The Morgan fingerprint density at radius 3 is 2.53 bits per heavy atom. The molecule has 30 heavy (non-hydrogen) atoms. The fourth-order valence-electron chi connectivity index (χ4n) is 2.80. The number of rotatable bonds is 8. The summed E-state index contributed by atoms with van der Waals surface area (Å²) in [5.41, 5.74) is 2.72. The summed E-state index contributed by atoms with van der Waals surface area (Å²) in [6, 6.07) is 11.5. The predicted octanol–water partition coefficient (Wildman–Crippen LogP) is 3.53. The van der Waals surface area contributed by atoms with Gasteiger partial charge in [-0.15, -0.1) is 0 Å². The van der Waals surface area contributed by atoms with E-state index in [0.29, 0.717) is 34.2 Å². The number of anilines is 1. The summed E-state index contributed by atoms with van der Waals surface area (Å²) in [5, 5.41) is 5.67. The molecular formula is C21H18F2N4O3. The first-order valence-corrected chi connectivity index (χ1v) is 8.92. The van der Waals surface area contributed by atoms with Crippen LogP contribution in [0.2, 0.25) is 0 Å². The third-order valence-electron chi connectivity index (χ3n) is 4.26. The quantitative estimate of drug-likeness (QED) is 0.550. The number of hydrogen-bond acceptors (Lipinski definition) is 6. The SMILES string of the molecule is CNC(=O)c1ccc(-c2cnc(C=O)nc2)cc1NCc1ccccc1OC(F)F. The van der Waals surface area contributed by atoms with E-state index < -0.39 is 6.61 Å². The van der Waals surface area contributed by atoms with Crippen LogP contribution in [0, 0.1) is 0 Å². The van der Waals surface area contributed by atoms with Crippen molar-refractivity contribution >= 4 is 17.9 Å². The Balaban J connectivity index is 1.91. The number of nitrogens with one attached hydrogen (secondary N) is 2. The van der Waals surface area contributed by atoms with Crippen LogP contribution in [0.25, 0.3) is 11.1 Å². The molecule has 0 saturated heterocycles. The molecule has 3 aromatic rings. The molecule has 0 unspecified atom stereocenters. The van der Waals surface area contributed by atoms with Crippen molar-refractivity contribution < 1.29 is 23.1 Å². The largest absolute Gasteiger partial charge is 0.434 e. The number of benzene rings is 2. The van der Waals surface area contributed by atoms with Crippen molar-refractivity contribution in [1.29, 1.82) is 0 Å². The van der Waals surface area contributed by atoms with E-state index >= 15 is 0 Å². The molecule has 3 rings (SSSR count). The first-order chi connectivity index (χ1) is 14.5. The fourth-order valence-corrected chi connectivity index (χ4v) is 2.80. The minimum atomic E-state index is -2.94. The molecule has 0 atom stereocenters. The van der Waals surface area contributed by atoms with Crippen molar-refractivity contribution in [2.75, 3.05) is 12.4 Å². The van der Waals surface area contributed by atoms with Gasteiger partial charge in [0.25, 0.3) is 5.91 Å². The lowest BCUT2D eigenvalue weighted by molar-refractivity contribution is -0.0504. The molecule has 154 valence electrons. The Bertz CT molecular complexity index is 1040. The summed E-state index contributed by atoms with van der Waals surface area (Å²) in [6.45, 7) is -2.79. The highest BCUT2D eigenvalue weighted by Gasteiger charge is 2.14. The van der Waals surface area contributed by atoms with Crippen LogP contribution >= 0.6 is 0 Å². The Morgan fingerprint density at radius 1 is 1.13 bits per heavy atom. The van der Waals surface area contributed by atoms with Crippen LogP contribution in [-0.4, -0.2) is 35.8 Å². The van der Waals surface area contributed by atoms with Gasteiger partial charge in [0.15, 0.2) is 12.1 Å². The van der Waals surface area contributed by atoms with Gasteiger partial charge in [0.1, 0.15) is 5.75 Å². The summed E-state index contributed by atoms with van der Waals surface area (Å²) in [6.07, 6.45) is 3.55. The van der Waals surface area contributed by atoms with Gasteiger partial charge in [0.2, 0.25) is 0 Å². The molecule has 0 spiro atoms. The van der Waals surface area contributed by atoms with Gasteiger partial charge in [-0.1, -0.05) is 24.3 Å². The standard InChI is InChI=1S/C21H18F2N4O3/c1-24-20(29)16-7-6-13(15-10-26-19(12-28)27-11-15)8-17(16)25-9-14-4-2-3-5-18(14)30-21(22)23/h2-8,10-12,21,25H,9H2,1H3,(H,24,29). The number of carbonyl (C=O) groups is 2. The van der Waals surface area contributed by atoms with Gasteiger partial charge < -0.3 is 15.4 Å². The van der Waals surface area contributed by atoms with Gasteiger partial charge in [-0.25, -0.2) is 9.97 Å². The maximum Gasteiger partial charge on any atom is 0.387 e. The first kappa shape index (κ1) is 20.8. The highest BCUT2D eigenvalue weighted by Crippen LogP contribution is 2.27. The first-order valence-electron chi connectivity index (χ1n) is 8.92. The van der Waals surface area contributed by atoms with E-state index in [1.807, 2.05) is 0 Å². The second-order valence-corrected chi connectivity index (χ2v) is 6.13. The Hall–Kier alpha value is -3.88.